The normalized spacial score (nSPS) is 14.0. The number of nitrogens with one attached hydrogen (secondary N) is 3. The number of aromatic nitrogens is 4. The molecule has 5 N–H and O–H groups in total. The zero-order valence-corrected chi connectivity index (χ0v) is 39.7. The van der Waals surface area contributed by atoms with Gasteiger partial charge in [-0.15, -0.1) is 12.4 Å². The number of pyridine rings is 2. The molecule has 0 saturated carbocycles. The largest absolute Gasteiger partial charge is 0.492 e. The second-order valence-corrected chi connectivity index (χ2v) is 16.0. The van der Waals surface area contributed by atoms with Crippen LogP contribution in [-0.4, -0.2) is 56.7 Å². The number of amides is 3. The number of anilines is 2. The van der Waals surface area contributed by atoms with Crippen molar-refractivity contribution < 1.29 is 55.7 Å². The van der Waals surface area contributed by atoms with Crippen molar-refractivity contribution in [3.63, 3.8) is 0 Å². The first-order chi connectivity index (χ1) is 34.2. The minimum Gasteiger partial charge on any atom is -0.492 e. The third kappa shape index (κ3) is 14.0. The highest BCUT2D eigenvalue weighted by molar-refractivity contribution is 6.31. The Morgan fingerprint density at radius 3 is 1.69 bits per heavy atom. The zero-order valence-electron chi connectivity index (χ0n) is 37.3. The number of alkyl carbamates (subject to hydrolysis) is 1. The van der Waals surface area contributed by atoms with Crippen molar-refractivity contribution in [1.29, 1.82) is 0 Å². The number of carbonyl (C=O) groups excluding carboxylic acids is 4. The molecule has 0 aliphatic carbocycles. The van der Waals surface area contributed by atoms with Crippen LogP contribution in [0.15, 0.2) is 128 Å². The molecule has 0 spiro atoms. The summed E-state index contributed by atoms with van der Waals surface area (Å²) in [6, 6.07) is 21.8. The molecule has 16 nitrogen and oxygen atoms in total. The maximum Gasteiger partial charge on any atom is 0.419 e. The highest BCUT2D eigenvalue weighted by Gasteiger charge is 2.32. The van der Waals surface area contributed by atoms with Gasteiger partial charge in [0.05, 0.1) is 57.4 Å². The summed E-state index contributed by atoms with van der Waals surface area (Å²) in [6.45, 7) is 0.566. The first-order valence-corrected chi connectivity index (χ1v) is 22.1. The Morgan fingerprint density at radius 2 is 1.18 bits per heavy atom. The summed E-state index contributed by atoms with van der Waals surface area (Å²) < 4.78 is 77.6. The molecule has 72 heavy (non-hydrogen) atoms. The van der Waals surface area contributed by atoms with E-state index in [0.717, 1.165) is 18.2 Å². The maximum atomic E-state index is 14.7. The van der Waals surface area contributed by atoms with Gasteiger partial charge in [0.1, 0.15) is 54.3 Å². The van der Waals surface area contributed by atoms with Crippen LogP contribution in [0.4, 0.5) is 38.5 Å². The van der Waals surface area contributed by atoms with Crippen LogP contribution in [0.2, 0.25) is 10.0 Å². The van der Waals surface area contributed by atoms with Crippen LogP contribution in [0.1, 0.15) is 68.2 Å². The van der Waals surface area contributed by atoms with Crippen LogP contribution in [0.5, 0.6) is 11.5 Å². The Hall–Kier alpha value is -7.78. The number of rotatable bonds is 9. The molecule has 2 atom stereocenters. The molecule has 23 heteroatoms. The van der Waals surface area contributed by atoms with E-state index < -0.39 is 59.4 Å². The molecule has 0 fully saturated rings. The summed E-state index contributed by atoms with van der Waals surface area (Å²) in [6.07, 6.45) is 7.20. The second kappa shape index (κ2) is 25.4. The Bertz CT molecular complexity index is 3020. The minimum atomic E-state index is -0.766. The number of fused-ring (bicyclic) bond motifs is 2. The minimum absolute atomic E-state index is 0. The molecule has 0 unspecified atom stereocenters. The summed E-state index contributed by atoms with van der Waals surface area (Å²) in [5.74, 6) is -3.31. The smallest absolute Gasteiger partial charge is 0.419 e. The lowest BCUT2D eigenvalue weighted by Crippen LogP contribution is -2.34. The van der Waals surface area contributed by atoms with E-state index in [1.165, 1.54) is 65.8 Å². The van der Waals surface area contributed by atoms with E-state index in [1.807, 2.05) is 6.07 Å². The van der Waals surface area contributed by atoms with Gasteiger partial charge >= 0.3 is 12.2 Å². The number of halogens is 7. The number of imidazole rings is 1. The SMILES string of the molecule is Cl.N[C@H]1CCOc2c(C(=O)Nc3ccc(F)c(Cl)c3)ccc(F)c21.O=C(N[C@H]1CCOc2c(C(=O)Nc3ccc(F)c(Cl)c3)ccc(F)c21)OCc1ccccn1.O=C(OCc1ccccn1)n1ccnc1. The van der Waals surface area contributed by atoms with Gasteiger partial charge in [-0.2, -0.15) is 0 Å². The lowest BCUT2D eigenvalue weighted by Gasteiger charge is -2.28. The highest BCUT2D eigenvalue weighted by Crippen LogP contribution is 2.38. The van der Waals surface area contributed by atoms with Crippen molar-refractivity contribution in [3.8, 4) is 11.5 Å². The Balaban J connectivity index is 0.000000189. The molecule has 2 aliphatic heterocycles. The van der Waals surface area contributed by atoms with Crippen LogP contribution in [0.3, 0.4) is 0 Å². The van der Waals surface area contributed by atoms with Crippen LogP contribution >= 0.6 is 35.6 Å². The number of nitrogens with zero attached hydrogens (tertiary/aromatic N) is 4. The molecule has 0 radical (unpaired) electrons. The number of ether oxygens (including phenoxy) is 4. The summed E-state index contributed by atoms with van der Waals surface area (Å²) in [5, 5.41) is 7.51. The number of hydrogen-bond acceptors (Lipinski definition) is 12. The first-order valence-electron chi connectivity index (χ1n) is 21.3. The summed E-state index contributed by atoms with van der Waals surface area (Å²) in [5.41, 5.74) is 8.20. The Morgan fingerprint density at radius 1 is 0.667 bits per heavy atom. The number of hydrogen-bond donors (Lipinski definition) is 4. The molecule has 0 bridgehead atoms. The number of benzene rings is 4. The summed E-state index contributed by atoms with van der Waals surface area (Å²) >= 11 is 11.4. The van der Waals surface area contributed by atoms with Crippen molar-refractivity contribution in [2.24, 2.45) is 5.73 Å². The van der Waals surface area contributed by atoms with Crippen LogP contribution in [0.25, 0.3) is 0 Å². The monoisotopic (exact) mass is 1050 g/mol. The van der Waals surface area contributed by atoms with Crippen LogP contribution < -0.4 is 31.2 Å². The molecule has 9 rings (SSSR count). The van der Waals surface area contributed by atoms with Crippen molar-refractivity contribution in [1.82, 2.24) is 24.8 Å². The maximum absolute atomic E-state index is 14.7. The van der Waals surface area contributed by atoms with Gasteiger partial charge < -0.3 is 40.6 Å². The van der Waals surface area contributed by atoms with Crippen LogP contribution in [-0.2, 0) is 22.7 Å². The average molecular weight is 1050 g/mol. The molecule has 7 aromatic rings. The predicted molar refractivity (Wildman–Crippen MR) is 258 cm³/mol. The van der Waals surface area contributed by atoms with E-state index in [2.05, 4.69) is 30.9 Å². The van der Waals surface area contributed by atoms with Gasteiger partial charge in [0.15, 0.2) is 0 Å². The molecule has 0 saturated heterocycles. The van der Waals surface area contributed by atoms with Gasteiger partial charge in [-0.1, -0.05) is 35.3 Å². The van der Waals surface area contributed by atoms with Crippen molar-refractivity contribution >= 4 is 71.0 Å². The molecule has 2 aliphatic rings. The zero-order chi connectivity index (χ0) is 50.4. The van der Waals surface area contributed by atoms with E-state index in [4.69, 9.17) is 47.9 Å². The van der Waals surface area contributed by atoms with Gasteiger partial charge in [-0.25, -0.2) is 36.7 Å². The fraction of sp³-hybridized carbons (Fsp3) is 0.163. The van der Waals surface area contributed by atoms with Gasteiger partial charge in [0, 0.05) is 60.6 Å². The lowest BCUT2D eigenvalue weighted by atomic mass is 9.96. The third-order valence-electron chi connectivity index (χ3n) is 10.3. The van der Waals surface area contributed by atoms with Crippen molar-refractivity contribution in [2.45, 2.75) is 38.1 Å². The quantitative estimate of drug-likeness (QED) is 0.0995. The predicted octanol–water partition coefficient (Wildman–Crippen LogP) is 10.6. The summed E-state index contributed by atoms with van der Waals surface area (Å²) in [4.78, 5) is 60.7. The molecule has 3 amide bonds. The molecule has 4 aromatic carbocycles. The van der Waals surface area contributed by atoms with E-state index >= 15 is 0 Å². The van der Waals surface area contributed by atoms with Gasteiger partial charge in [0.2, 0.25) is 0 Å². The topological polar surface area (TPSA) is 211 Å². The van der Waals surface area contributed by atoms with Gasteiger partial charge in [0.25, 0.3) is 11.8 Å². The van der Waals surface area contributed by atoms with Crippen molar-refractivity contribution in [2.75, 3.05) is 23.8 Å². The van der Waals surface area contributed by atoms with E-state index in [9.17, 15) is 36.7 Å². The fourth-order valence-corrected chi connectivity index (χ4v) is 7.26. The average Bonchev–Trinajstić information content (AvgIpc) is 3.92. The first kappa shape index (κ1) is 53.6. The molecular formula is C49H41Cl3F4N8O8. The molecule has 5 heterocycles. The van der Waals surface area contributed by atoms with E-state index in [-0.39, 0.29) is 88.1 Å². The third-order valence-corrected chi connectivity index (χ3v) is 10.9. The number of nitrogens with two attached hydrogens (primary N) is 1. The standard InChI is InChI=1S/C23H18ClF2N3O4.C16H13ClF2N2O2.C10H9N3O2.ClH/c24-16-11-13(4-6-17(16)25)28-22(30)15-5-7-18(26)20-19(8-10-32-21(15)20)29-23(31)33-12-14-3-1-2-9-27-14;17-10-7-8(1-3-11(10)18)21-16(22)9-2-4-12(19)14-13(20)5-6-23-15(9)14;14-10(13-6-5-11-8-13)15-7-9-3-1-2-4-12-9;/h1-7,9,11,19H,8,10,12H2,(H,28,30)(H,29,31);1-4,7,13H,5-6,20H2,(H,21,22);1-6,8H,7H2;1H/t19-;13-;;/m00../s1. The van der Waals surface area contributed by atoms with Gasteiger partial charge in [-0.3, -0.25) is 19.6 Å². The molecule has 374 valence electrons. The fourth-order valence-electron chi connectivity index (χ4n) is 6.90. The lowest BCUT2D eigenvalue weighted by molar-refractivity contribution is 0.101. The van der Waals surface area contributed by atoms with Gasteiger partial charge in [-0.05, 0) is 84.9 Å². The van der Waals surface area contributed by atoms with Crippen LogP contribution in [0, 0.1) is 23.3 Å². The summed E-state index contributed by atoms with van der Waals surface area (Å²) in [7, 11) is 0. The Kier molecular flexibility index (Phi) is 18.9. The molecular weight excluding hydrogens is 1010 g/mol. The molecule has 3 aromatic heterocycles. The van der Waals surface area contributed by atoms with E-state index in [1.54, 1.807) is 42.7 Å². The second-order valence-electron chi connectivity index (χ2n) is 15.2. The Labute approximate surface area is 424 Å². The number of carbonyl (C=O) groups is 4. The van der Waals surface area contributed by atoms with Crippen molar-refractivity contribution in [3.05, 3.63) is 195 Å². The highest BCUT2D eigenvalue weighted by atomic mass is 35.5. The van der Waals surface area contributed by atoms with E-state index in [0.29, 0.717) is 30.1 Å².